The number of ether oxygens (including phenoxy) is 2. The molecule has 34 heavy (non-hydrogen) atoms. The van der Waals surface area contributed by atoms with Gasteiger partial charge in [-0.15, -0.1) is 0 Å². The normalized spacial score (nSPS) is 12.7. The summed E-state index contributed by atoms with van der Waals surface area (Å²) in [5.74, 6) is -2.35. The van der Waals surface area contributed by atoms with Gasteiger partial charge in [0.25, 0.3) is 0 Å². The molecule has 2 N–H and O–H groups in total. The number of methoxy groups -OCH3 is 1. The number of rotatable bonds is 9. The van der Waals surface area contributed by atoms with E-state index < -0.39 is 54.7 Å². The van der Waals surface area contributed by atoms with Crippen LogP contribution in [0.5, 0.6) is 0 Å². The highest BCUT2D eigenvalue weighted by atomic mass is 16.6. The maximum Gasteiger partial charge on any atom is 0.408 e. The number of amides is 3. The van der Waals surface area contributed by atoms with Crippen LogP contribution >= 0.6 is 0 Å². The Labute approximate surface area is 200 Å². The van der Waals surface area contributed by atoms with Crippen molar-refractivity contribution in [2.75, 3.05) is 20.2 Å². The molecule has 1 aromatic rings. The minimum absolute atomic E-state index is 0.377. The zero-order valence-corrected chi connectivity index (χ0v) is 20.8. The lowest BCUT2D eigenvalue weighted by Crippen LogP contribution is -2.55. The van der Waals surface area contributed by atoms with E-state index in [4.69, 9.17) is 4.74 Å². The maximum absolute atomic E-state index is 13.6. The van der Waals surface area contributed by atoms with Gasteiger partial charge < -0.3 is 25.0 Å². The summed E-state index contributed by atoms with van der Waals surface area (Å²) in [5, 5.41) is 14.5. The van der Waals surface area contributed by atoms with E-state index in [0.29, 0.717) is 5.56 Å². The monoisotopic (exact) mass is 474 g/mol. The number of hydrogen-bond acceptors (Lipinski definition) is 7. The van der Waals surface area contributed by atoms with Crippen LogP contribution in [0.15, 0.2) is 24.3 Å². The molecule has 0 saturated heterocycles. The average molecular weight is 475 g/mol. The molecule has 1 aromatic carbocycles. The Balaban J connectivity index is 3.40. The summed E-state index contributed by atoms with van der Waals surface area (Å²) in [6.45, 7) is 9.52. The van der Waals surface area contributed by atoms with Gasteiger partial charge in [-0.3, -0.25) is 14.4 Å². The molecule has 1 rings (SSSR count). The topological polar surface area (TPSA) is 138 Å². The molecule has 0 aliphatic rings. The van der Waals surface area contributed by atoms with Crippen molar-refractivity contribution in [1.82, 2.24) is 15.5 Å². The van der Waals surface area contributed by atoms with E-state index in [1.54, 1.807) is 52.8 Å². The van der Waals surface area contributed by atoms with Crippen LogP contribution in [0, 0.1) is 24.2 Å². The van der Waals surface area contributed by atoms with Gasteiger partial charge in [0.2, 0.25) is 11.8 Å². The van der Waals surface area contributed by atoms with Crippen molar-refractivity contribution >= 4 is 23.9 Å². The van der Waals surface area contributed by atoms with Crippen molar-refractivity contribution in [3.63, 3.8) is 0 Å². The minimum atomic E-state index is -1.22. The van der Waals surface area contributed by atoms with E-state index >= 15 is 0 Å². The SMILES string of the molecule is COC(=O)CNC(=O)C(c1cccc(C)c1)N(CC#N)C(=O)C(NC(=O)OC(C)(C)C)C(C)C. The first-order chi connectivity index (χ1) is 15.8. The molecule has 0 spiro atoms. The number of hydrogen-bond donors (Lipinski definition) is 2. The largest absolute Gasteiger partial charge is 0.468 e. The number of alkyl carbamates (subject to hydrolysis) is 1. The Morgan fingerprint density at radius 2 is 1.82 bits per heavy atom. The molecule has 2 atom stereocenters. The predicted octanol–water partition coefficient (Wildman–Crippen LogP) is 2.23. The van der Waals surface area contributed by atoms with E-state index in [1.807, 2.05) is 19.1 Å². The number of nitrogens with one attached hydrogen (secondary N) is 2. The molecule has 0 aliphatic carbocycles. The van der Waals surface area contributed by atoms with Crippen molar-refractivity contribution in [2.24, 2.45) is 5.92 Å². The van der Waals surface area contributed by atoms with Crippen molar-refractivity contribution in [3.8, 4) is 6.07 Å². The first-order valence-electron chi connectivity index (χ1n) is 10.9. The third-order valence-electron chi connectivity index (χ3n) is 4.68. The number of nitriles is 1. The average Bonchev–Trinajstić information content (AvgIpc) is 2.73. The molecule has 186 valence electrons. The summed E-state index contributed by atoms with van der Waals surface area (Å²) in [5.41, 5.74) is 0.504. The van der Waals surface area contributed by atoms with E-state index in [-0.39, 0.29) is 5.92 Å². The summed E-state index contributed by atoms with van der Waals surface area (Å²) < 4.78 is 9.84. The number of carbonyl (C=O) groups excluding carboxylic acids is 4. The fraction of sp³-hybridized carbons (Fsp3) is 0.542. The molecule has 0 fully saturated rings. The highest BCUT2D eigenvalue weighted by molar-refractivity contribution is 5.93. The zero-order valence-electron chi connectivity index (χ0n) is 20.8. The molecule has 0 saturated carbocycles. The van der Waals surface area contributed by atoms with Crippen molar-refractivity contribution in [2.45, 2.75) is 59.2 Å². The molecule has 0 bridgehead atoms. The van der Waals surface area contributed by atoms with Gasteiger partial charge in [0.05, 0.1) is 13.2 Å². The summed E-state index contributed by atoms with van der Waals surface area (Å²) >= 11 is 0. The van der Waals surface area contributed by atoms with Crippen LogP contribution < -0.4 is 10.6 Å². The van der Waals surface area contributed by atoms with Crippen LogP contribution in [-0.4, -0.2) is 60.6 Å². The molecule has 10 nitrogen and oxygen atoms in total. The molecule has 0 radical (unpaired) electrons. The van der Waals surface area contributed by atoms with Gasteiger partial charge in [-0.05, 0) is 39.2 Å². The van der Waals surface area contributed by atoms with Gasteiger partial charge in [-0.2, -0.15) is 5.26 Å². The summed E-state index contributed by atoms with van der Waals surface area (Å²) in [4.78, 5) is 51.8. The van der Waals surface area contributed by atoms with Gasteiger partial charge in [0.1, 0.15) is 30.8 Å². The predicted molar refractivity (Wildman–Crippen MR) is 124 cm³/mol. The van der Waals surface area contributed by atoms with E-state index in [1.165, 1.54) is 7.11 Å². The van der Waals surface area contributed by atoms with Crippen LogP contribution in [0.1, 0.15) is 51.8 Å². The second kappa shape index (κ2) is 12.6. The Bertz CT molecular complexity index is 932. The fourth-order valence-electron chi connectivity index (χ4n) is 3.14. The first-order valence-corrected chi connectivity index (χ1v) is 10.9. The third-order valence-corrected chi connectivity index (χ3v) is 4.68. The van der Waals surface area contributed by atoms with Crippen LogP contribution in [0.25, 0.3) is 0 Å². The Kier molecular flexibility index (Phi) is 10.5. The van der Waals surface area contributed by atoms with Crippen molar-refractivity contribution in [1.29, 1.82) is 5.26 Å². The molecule has 0 aromatic heterocycles. The molecule has 10 heteroatoms. The number of benzene rings is 1. The van der Waals surface area contributed by atoms with Crippen LogP contribution in [0.4, 0.5) is 4.79 Å². The van der Waals surface area contributed by atoms with E-state index in [0.717, 1.165) is 10.5 Å². The smallest absolute Gasteiger partial charge is 0.408 e. The minimum Gasteiger partial charge on any atom is -0.468 e. The first kappa shape index (κ1) is 28.4. The number of carbonyl (C=O) groups is 4. The lowest BCUT2D eigenvalue weighted by molar-refractivity contribution is -0.144. The zero-order chi connectivity index (χ0) is 26.1. The van der Waals surface area contributed by atoms with Gasteiger partial charge in [0.15, 0.2) is 0 Å². The quantitative estimate of drug-likeness (QED) is 0.413. The molecular weight excluding hydrogens is 440 g/mol. The molecule has 3 amide bonds. The Morgan fingerprint density at radius 3 is 2.32 bits per heavy atom. The van der Waals surface area contributed by atoms with Crippen molar-refractivity contribution in [3.05, 3.63) is 35.4 Å². The van der Waals surface area contributed by atoms with Gasteiger partial charge in [0, 0.05) is 0 Å². The summed E-state index contributed by atoms with van der Waals surface area (Å²) in [6.07, 6.45) is -0.793. The van der Waals surface area contributed by atoms with Gasteiger partial charge >= 0.3 is 12.1 Å². The van der Waals surface area contributed by atoms with Crippen molar-refractivity contribution < 1.29 is 28.7 Å². The second-order valence-electron chi connectivity index (χ2n) is 9.10. The lowest BCUT2D eigenvalue weighted by atomic mass is 9.98. The molecule has 0 aliphatic heterocycles. The Morgan fingerprint density at radius 1 is 1.18 bits per heavy atom. The number of nitrogens with zero attached hydrogens (tertiary/aromatic N) is 2. The second-order valence-corrected chi connectivity index (χ2v) is 9.10. The summed E-state index contributed by atoms with van der Waals surface area (Å²) in [6, 6.07) is 6.54. The van der Waals surface area contributed by atoms with Crippen LogP contribution in [-0.2, 0) is 23.9 Å². The highest BCUT2D eigenvalue weighted by Gasteiger charge is 2.37. The number of esters is 1. The van der Waals surface area contributed by atoms with Crippen LogP contribution in [0.3, 0.4) is 0 Å². The van der Waals surface area contributed by atoms with Gasteiger partial charge in [-0.1, -0.05) is 43.7 Å². The fourth-order valence-corrected chi connectivity index (χ4v) is 3.14. The molecule has 2 unspecified atom stereocenters. The Hall–Kier alpha value is -3.61. The number of aryl methyl sites for hydroxylation is 1. The molecule has 0 heterocycles. The third kappa shape index (κ3) is 8.73. The molecular formula is C24H34N4O6. The van der Waals surface area contributed by atoms with Crippen LogP contribution in [0.2, 0.25) is 0 Å². The maximum atomic E-state index is 13.6. The highest BCUT2D eigenvalue weighted by Crippen LogP contribution is 2.24. The van der Waals surface area contributed by atoms with E-state index in [9.17, 15) is 24.4 Å². The van der Waals surface area contributed by atoms with E-state index in [2.05, 4.69) is 15.4 Å². The summed E-state index contributed by atoms with van der Waals surface area (Å²) in [7, 11) is 1.19. The van der Waals surface area contributed by atoms with Gasteiger partial charge in [-0.25, -0.2) is 4.79 Å². The lowest BCUT2D eigenvalue weighted by Gasteiger charge is -2.34. The standard InChI is InChI=1S/C24H34N4O6/c1-15(2)19(27-23(32)34-24(4,5)6)22(31)28(12-11-25)20(17-10-8-9-16(3)13-17)21(30)26-14-18(29)33-7/h8-10,13,15,19-20H,12,14H2,1-7H3,(H,26,30)(H,27,32).